The van der Waals surface area contributed by atoms with Gasteiger partial charge in [0.1, 0.15) is 10.8 Å². The molecule has 3 heterocycles. The van der Waals surface area contributed by atoms with E-state index in [-0.39, 0.29) is 5.82 Å². The van der Waals surface area contributed by atoms with Crippen LogP contribution in [-0.4, -0.2) is 33.1 Å². The topological polar surface area (TPSA) is 49.3 Å². The van der Waals surface area contributed by atoms with Gasteiger partial charge in [0.25, 0.3) is 0 Å². The minimum Gasteiger partial charge on any atom is -0.385 e. The fourth-order valence-electron chi connectivity index (χ4n) is 3.34. The lowest BCUT2D eigenvalue weighted by atomic mass is 9.85. The average molecular weight is 369 g/mol. The first-order valence-corrected chi connectivity index (χ1v) is 9.56. The summed E-state index contributed by atoms with van der Waals surface area (Å²) in [4.78, 5) is 11.1. The van der Waals surface area contributed by atoms with Crippen molar-refractivity contribution in [1.29, 1.82) is 0 Å². The van der Waals surface area contributed by atoms with Gasteiger partial charge in [0.05, 0.1) is 17.8 Å². The summed E-state index contributed by atoms with van der Waals surface area (Å²) in [5.41, 5.74) is 1.92. The van der Waals surface area contributed by atoms with Gasteiger partial charge in [-0.1, -0.05) is 6.07 Å². The van der Waals surface area contributed by atoms with E-state index in [1.807, 2.05) is 17.5 Å². The summed E-state index contributed by atoms with van der Waals surface area (Å²) in [7, 11) is 0. The van der Waals surface area contributed by atoms with Gasteiger partial charge in [0, 0.05) is 42.0 Å². The van der Waals surface area contributed by atoms with Crippen LogP contribution < -0.4 is 0 Å². The highest BCUT2D eigenvalue weighted by molar-refractivity contribution is 7.09. The lowest BCUT2D eigenvalue weighted by molar-refractivity contribution is -0.0279. The molecule has 26 heavy (non-hydrogen) atoms. The van der Waals surface area contributed by atoms with E-state index in [0.717, 1.165) is 41.5 Å². The third-order valence-electron chi connectivity index (χ3n) is 4.93. The van der Waals surface area contributed by atoms with E-state index in [0.29, 0.717) is 12.8 Å². The normalized spacial score (nSPS) is 17.3. The number of likely N-dealkylation sites (tertiary alicyclic amines) is 1. The Labute approximate surface area is 156 Å². The zero-order chi connectivity index (χ0) is 18.0. The van der Waals surface area contributed by atoms with E-state index in [4.69, 9.17) is 0 Å². The first kappa shape index (κ1) is 17.3. The SMILES string of the molecule is OC1(c2cccnc2)CCN(Cc2nc(-c3ccc(F)cc3)cs2)CC1. The zero-order valence-corrected chi connectivity index (χ0v) is 15.1. The van der Waals surface area contributed by atoms with Crippen molar-refractivity contribution in [2.24, 2.45) is 0 Å². The molecule has 1 aromatic carbocycles. The maximum atomic E-state index is 13.1. The summed E-state index contributed by atoms with van der Waals surface area (Å²) in [6.07, 6.45) is 4.86. The van der Waals surface area contributed by atoms with Crippen LogP contribution in [0.4, 0.5) is 4.39 Å². The molecule has 1 fully saturated rings. The first-order chi connectivity index (χ1) is 12.6. The molecule has 0 bridgehead atoms. The molecular formula is C20H20FN3OS. The van der Waals surface area contributed by atoms with Gasteiger partial charge in [-0.2, -0.15) is 0 Å². The smallest absolute Gasteiger partial charge is 0.123 e. The molecule has 134 valence electrons. The highest BCUT2D eigenvalue weighted by Gasteiger charge is 2.34. The molecule has 0 unspecified atom stereocenters. The Morgan fingerprint density at radius 1 is 1.15 bits per heavy atom. The summed E-state index contributed by atoms with van der Waals surface area (Å²) in [6.45, 7) is 2.41. The Kier molecular flexibility index (Phi) is 4.80. The summed E-state index contributed by atoms with van der Waals surface area (Å²) in [6, 6.07) is 10.2. The molecule has 0 radical (unpaired) electrons. The van der Waals surface area contributed by atoms with Crippen LogP contribution in [-0.2, 0) is 12.1 Å². The van der Waals surface area contributed by atoms with Crippen LogP contribution in [0.3, 0.4) is 0 Å². The number of hydrogen-bond acceptors (Lipinski definition) is 5. The van der Waals surface area contributed by atoms with Crippen LogP contribution in [0.1, 0.15) is 23.4 Å². The number of halogens is 1. The Morgan fingerprint density at radius 2 is 1.92 bits per heavy atom. The predicted molar refractivity (Wildman–Crippen MR) is 100 cm³/mol. The fourth-order valence-corrected chi connectivity index (χ4v) is 4.18. The molecule has 3 aromatic rings. The molecule has 4 nitrogen and oxygen atoms in total. The number of thiazole rings is 1. The second-order valence-corrected chi connectivity index (χ2v) is 7.63. The van der Waals surface area contributed by atoms with E-state index in [1.54, 1.807) is 35.9 Å². The number of aromatic nitrogens is 2. The highest BCUT2D eigenvalue weighted by Crippen LogP contribution is 2.33. The predicted octanol–water partition coefficient (Wildman–Crippen LogP) is 3.83. The van der Waals surface area contributed by atoms with Crippen LogP contribution in [0.25, 0.3) is 11.3 Å². The number of aliphatic hydroxyl groups is 1. The zero-order valence-electron chi connectivity index (χ0n) is 14.3. The van der Waals surface area contributed by atoms with E-state index in [9.17, 15) is 9.50 Å². The van der Waals surface area contributed by atoms with Gasteiger partial charge in [-0.25, -0.2) is 9.37 Å². The minimum absolute atomic E-state index is 0.237. The van der Waals surface area contributed by atoms with Gasteiger partial charge < -0.3 is 5.11 Å². The Morgan fingerprint density at radius 3 is 2.62 bits per heavy atom. The molecular weight excluding hydrogens is 349 g/mol. The second-order valence-electron chi connectivity index (χ2n) is 6.68. The number of hydrogen-bond donors (Lipinski definition) is 1. The molecule has 0 amide bonds. The van der Waals surface area contributed by atoms with Crippen LogP contribution in [0.15, 0.2) is 54.2 Å². The molecule has 0 spiro atoms. The average Bonchev–Trinajstić information content (AvgIpc) is 3.14. The molecule has 1 aliphatic heterocycles. The van der Waals surface area contributed by atoms with E-state index >= 15 is 0 Å². The van der Waals surface area contributed by atoms with Crippen molar-refractivity contribution in [2.45, 2.75) is 25.0 Å². The van der Waals surface area contributed by atoms with Crippen molar-refractivity contribution in [1.82, 2.24) is 14.9 Å². The lowest BCUT2D eigenvalue weighted by Gasteiger charge is -2.38. The van der Waals surface area contributed by atoms with Crippen molar-refractivity contribution in [3.63, 3.8) is 0 Å². The van der Waals surface area contributed by atoms with E-state index in [2.05, 4.69) is 14.9 Å². The van der Waals surface area contributed by atoms with Gasteiger partial charge >= 0.3 is 0 Å². The van der Waals surface area contributed by atoms with Gasteiger partial charge in [0.15, 0.2) is 0 Å². The van der Waals surface area contributed by atoms with E-state index < -0.39 is 5.60 Å². The molecule has 1 aliphatic rings. The highest BCUT2D eigenvalue weighted by atomic mass is 32.1. The summed E-state index contributed by atoms with van der Waals surface area (Å²) >= 11 is 1.62. The Balaban J connectivity index is 1.38. The molecule has 2 aromatic heterocycles. The quantitative estimate of drug-likeness (QED) is 0.759. The number of nitrogens with zero attached hydrogens (tertiary/aromatic N) is 3. The third-order valence-corrected chi connectivity index (χ3v) is 5.77. The molecule has 0 aliphatic carbocycles. The van der Waals surface area contributed by atoms with E-state index in [1.165, 1.54) is 12.1 Å². The summed E-state index contributed by atoms with van der Waals surface area (Å²) in [5.74, 6) is -0.237. The fraction of sp³-hybridized carbons (Fsp3) is 0.300. The van der Waals surface area contributed by atoms with Crippen molar-refractivity contribution in [3.05, 3.63) is 70.6 Å². The van der Waals surface area contributed by atoms with Gasteiger partial charge in [-0.15, -0.1) is 11.3 Å². The van der Waals surface area contributed by atoms with Crippen molar-refractivity contribution >= 4 is 11.3 Å². The standard InChI is InChI=1S/C20H20FN3OS/c21-17-5-3-15(4-6-17)18-14-26-19(23-18)13-24-10-7-20(25,8-11-24)16-2-1-9-22-12-16/h1-6,9,12,14,25H,7-8,10-11,13H2. The van der Waals surface area contributed by atoms with Gasteiger partial charge in [0.2, 0.25) is 0 Å². The number of piperidine rings is 1. The molecule has 0 saturated carbocycles. The second kappa shape index (κ2) is 7.23. The molecule has 1 saturated heterocycles. The third kappa shape index (κ3) is 3.67. The Bertz CT molecular complexity index is 858. The maximum absolute atomic E-state index is 13.1. The monoisotopic (exact) mass is 369 g/mol. The van der Waals surface area contributed by atoms with Crippen LogP contribution in [0, 0.1) is 5.82 Å². The van der Waals surface area contributed by atoms with Crippen LogP contribution in [0.2, 0.25) is 0 Å². The first-order valence-electron chi connectivity index (χ1n) is 8.68. The summed E-state index contributed by atoms with van der Waals surface area (Å²) in [5, 5.41) is 13.9. The van der Waals surface area contributed by atoms with Crippen molar-refractivity contribution in [2.75, 3.05) is 13.1 Å². The molecule has 1 N–H and O–H groups in total. The largest absolute Gasteiger partial charge is 0.385 e. The number of rotatable bonds is 4. The van der Waals surface area contributed by atoms with Gasteiger partial charge in [-0.3, -0.25) is 9.88 Å². The lowest BCUT2D eigenvalue weighted by Crippen LogP contribution is -2.42. The van der Waals surface area contributed by atoms with Crippen molar-refractivity contribution in [3.8, 4) is 11.3 Å². The van der Waals surface area contributed by atoms with Crippen molar-refractivity contribution < 1.29 is 9.50 Å². The maximum Gasteiger partial charge on any atom is 0.123 e. The van der Waals surface area contributed by atoms with Crippen LogP contribution in [0.5, 0.6) is 0 Å². The molecule has 0 atom stereocenters. The minimum atomic E-state index is -0.785. The van der Waals surface area contributed by atoms with Gasteiger partial charge in [-0.05, 0) is 43.2 Å². The summed E-state index contributed by atoms with van der Waals surface area (Å²) < 4.78 is 13.1. The molecule has 6 heteroatoms. The molecule has 4 rings (SSSR count). The van der Waals surface area contributed by atoms with Crippen LogP contribution >= 0.6 is 11.3 Å². The number of pyridine rings is 1. The Hall–Kier alpha value is -2.15. The number of benzene rings is 1.